The van der Waals surface area contributed by atoms with Crippen LogP contribution in [0.2, 0.25) is 0 Å². The van der Waals surface area contributed by atoms with Crippen molar-refractivity contribution in [3.63, 3.8) is 0 Å². The predicted octanol–water partition coefficient (Wildman–Crippen LogP) is 5.00. The molecule has 31 heavy (non-hydrogen) atoms. The maximum absolute atomic E-state index is 12.4. The van der Waals surface area contributed by atoms with Crippen molar-refractivity contribution >= 4 is 43.0 Å². The normalized spacial score (nSPS) is 11.5. The van der Waals surface area contributed by atoms with Crippen LogP contribution in [0.4, 0.5) is 5.69 Å². The fraction of sp³-hybridized carbons (Fsp3) is 0.150. The zero-order chi connectivity index (χ0) is 22.2. The molecule has 0 aliphatic carbocycles. The molecule has 4 aromatic rings. The highest BCUT2D eigenvalue weighted by Gasteiger charge is 2.17. The van der Waals surface area contributed by atoms with Crippen molar-refractivity contribution in [3.05, 3.63) is 69.5 Å². The molecule has 0 spiro atoms. The number of sulfonamides is 1. The first kappa shape index (κ1) is 21.5. The maximum Gasteiger partial charge on any atom is 0.271 e. The van der Waals surface area contributed by atoms with Gasteiger partial charge in [0, 0.05) is 17.4 Å². The lowest BCUT2D eigenvalue weighted by Crippen LogP contribution is -2.11. The molecule has 0 aliphatic rings. The van der Waals surface area contributed by atoms with E-state index in [2.05, 4.69) is 35.7 Å². The Morgan fingerprint density at radius 2 is 1.81 bits per heavy atom. The van der Waals surface area contributed by atoms with E-state index in [1.165, 1.54) is 6.33 Å². The number of hydrogen-bond donors (Lipinski definition) is 1. The van der Waals surface area contributed by atoms with E-state index in [9.17, 15) is 8.42 Å². The molecule has 0 unspecified atom stereocenters. The average molecular weight is 520 g/mol. The Morgan fingerprint density at radius 1 is 1.06 bits per heavy atom. The van der Waals surface area contributed by atoms with Crippen LogP contribution in [-0.2, 0) is 10.0 Å². The van der Waals surface area contributed by atoms with Gasteiger partial charge in [-0.05, 0) is 78.7 Å². The Labute approximate surface area is 192 Å². The predicted molar refractivity (Wildman–Crippen MR) is 123 cm³/mol. The molecular weight excluding hydrogens is 502 g/mol. The summed E-state index contributed by atoms with van der Waals surface area (Å²) in [6, 6.07) is 11.5. The monoisotopic (exact) mass is 519 g/mol. The highest BCUT2D eigenvalue weighted by atomic mass is 79.9. The number of aromatic nitrogens is 4. The second-order valence-corrected chi connectivity index (χ2v) is 11.1. The van der Waals surface area contributed by atoms with Gasteiger partial charge in [-0.2, -0.15) is 5.10 Å². The van der Waals surface area contributed by atoms with Gasteiger partial charge in [0.05, 0.1) is 9.48 Å². The molecular formula is C20H18BrN5O3S2. The molecule has 0 fully saturated rings. The summed E-state index contributed by atoms with van der Waals surface area (Å²) in [6.45, 7) is 5.94. The van der Waals surface area contributed by atoms with E-state index in [-0.39, 0.29) is 4.21 Å². The van der Waals surface area contributed by atoms with Crippen LogP contribution in [0.1, 0.15) is 17.0 Å². The molecule has 4 rings (SSSR count). The molecule has 1 aromatic carbocycles. The van der Waals surface area contributed by atoms with E-state index in [0.717, 1.165) is 32.1 Å². The lowest BCUT2D eigenvalue weighted by Gasteiger charge is -2.09. The highest BCUT2D eigenvalue weighted by Crippen LogP contribution is 2.29. The summed E-state index contributed by atoms with van der Waals surface area (Å²) in [5, 5.41) is 4.50. The second-order valence-electron chi connectivity index (χ2n) is 6.71. The van der Waals surface area contributed by atoms with Crippen LogP contribution in [-0.4, -0.2) is 28.2 Å². The summed E-state index contributed by atoms with van der Waals surface area (Å²) in [6.07, 6.45) is 1.41. The fourth-order valence-corrected chi connectivity index (χ4v) is 5.87. The van der Waals surface area contributed by atoms with Crippen LogP contribution in [0.25, 0.3) is 5.82 Å². The van der Waals surface area contributed by atoms with Gasteiger partial charge in [0.1, 0.15) is 16.3 Å². The number of anilines is 1. The average Bonchev–Trinajstić information content (AvgIpc) is 3.29. The molecule has 1 N–H and O–H groups in total. The first-order chi connectivity index (χ1) is 14.7. The van der Waals surface area contributed by atoms with E-state index in [4.69, 9.17) is 4.74 Å². The van der Waals surface area contributed by atoms with Crippen molar-refractivity contribution in [1.29, 1.82) is 0 Å². The van der Waals surface area contributed by atoms with Crippen LogP contribution < -0.4 is 9.46 Å². The Morgan fingerprint density at radius 3 is 2.42 bits per heavy atom. The third-order valence-electron chi connectivity index (χ3n) is 4.64. The molecule has 0 bridgehead atoms. The first-order valence-electron chi connectivity index (χ1n) is 9.14. The first-order valence-corrected chi connectivity index (χ1v) is 12.2. The summed E-state index contributed by atoms with van der Waals surface area (Å²) in [4.78, 5) is 8.44. The largest absolute Gasteiger partial charge is 0.439 e. The second kappa shape index (κ2) is 8.40. The van der Waals surface area contributed by atoms with E-state index in [1.807, 2.05) is 20.8 Å². The van der Waals surface area contributed by atoms with Gasteiger partial charge >= 0.3 is 0 Å². The van der Waals surface area contributed by atoms with Gasteiger partial charge in [-0.1, -0.05) is 0 Å². The number of rotatable bonds is 6. The van der Waals surface area contributed by atoms with E-state index in [0.29, 0.717) is 23.1 Å². The number of halogens is 1. The maximum atomic E-state index is 12.4. The molecule has 8 nitrogen and oxygen atoms in total. The van der Waals surface area contributed by atoms with Gasteiger partial charge < -0.3 is 4.74 Å². The van der Waals surface area contributed by atoms with Gasteiger partial charge in [0.15, 0.2) is 5.82 Å². The SMILES string of the molecule is Cc1nn(-c2cc(Oc3ccc(NS(=O)(=O)c4ccc(Br)s4)cc3)ncn2)c(C)c1C. The smallest absolute Gasteiger partial charge is 0.271 e. The molecule has 0 atom stereocenters. The quantitative estimate of drug-likeness (QED) is 0.384. The third kappa shape index (κ3) is 4.63. The molecule has 0 aliphatic heterocycles. The van der Waals surface area contributed by atoms with Crippen molar-refractivity contribution in [1.82, 2.24) is 19.7 Å². The third-order valence-corrected chi connectivity index (χ3v) is 8.14. The van der Waals surface area contributed by atoms with Gasteiger partial charge in [0.25, 0.3) is 10.0 Å². The number of thiophene rings is 1. The molecule has 0 radical (unpaired) electrons. The summed E-state index contributed by atoms with van der Waals surface area (Å²) < 4.78 is 36.0. The number of nitrogens with zero attached hydrogens (tertiary/aromatic N) is 4. The van der Waals surface area contributed by atoms with Crippen molar-refractivity contribution < 1.29 is 13.2 Å². The van der Waals surface area contributed by atoms with Gasteiger partial charge in [-0.25, -0.2) is 23.1 Å². The van der Waals surface area contributed by atoms with Crippen LogP contribution in [0, 0.1) is 20.8 Å². The zero-order valence-corrected chi connectivity index (χ0v) is 20.0. The number of nitrogens with one attached hydrogen (secondary N) is 1. The standard InChI is InChI=1S/C20H18BrN5O3S2/c1-12-13(2)24-26(14(12)3)18-10-19(23-11-22-18)29-16-6-4-15(5-7-16)25-31(27,28)20-9-8-17(21)30-20/h4-11,25H,1-3H3. The van der Waals surface area contributed by atoms with Gasteiger partial charge in [0.2, 0.25) is 5.88 Å². The van der Waals surface area contributed by atoms with Crippen LogP contribution in [0.5, 0.6) is 11.6 Å². The Kier molecular flexibility index (Phi) is 5.82. The van der Waals surface area contributed by atoms with E-state index in [1.54, 1.807) is 47.1 Å². The molecule has 0 saturated heterocycles. The number of aryl methyl sites for hydroxylation is 1. The number of hydrogen-bond acceptors (Lipinski definition) is 7. The zero-order valence-electron chi connectivity index (χ0n) is 16.8. The van der Waals surface area contributed by atoms with Crippen molar-refractivity contribution in [2.24, 2.45) is 0 Å². The van der Waals surface area contributed by atoms with E-state index >= 15 is 0 Å². The van der Waals surface area contributed by atoms with Crippen LogP contribution in [0.3, 0.4) is 0 Å². The minimum Gasteiger partial charge on any atom is -0.439 e. The van der Waals surface area contributed by atoms with Crippen molar-refractivity contribution in [2.45, 2.75) is 25.0 Å². The van der Waals surface area contributed by atoms with Gasteiger partial charge in [-0.3, -0.25) is 4.72 Å². The summed E-state index contributed by atoms with van der Waals surface area (Å²) in [7, 11) is -3.64. The molecule has 160 valence electrons. The molecule has 0 amide bonds. The van der Waals surface area contributed by atoms with Crippen LogP contribution in [0.15, 0.2) is 56.8 Å². The minimum atomic E-state index is -3.64. The van der Waals surface area contributed by atoms with E-state index < -0.39 is 10.0 Å². The van der Waals surface area contributed by atoms with Gasteiger partial charge in [-0.15, -0.1) is 11.3 Å². The summed E-state index contributed by atoms with van der Waals surface area (Å²) in [5.74, 6) is 1.47. The number of benzene rings is 1. The number of ether oxygens (including phenoxy) is 1. The topological polar surface area (TPSA) is 99.0 Å². The summed E-state index contributed by atoms with van der Waals surface area (Å²) in [5.41, 5.74) is 3.47. The fourth-order valence-electron chi connectivity index (χ4n) is 2.80. The lowest BCUT2D eigenvalue weighted by atomic mass is 10.2. The molecule has 0 saturated carbocycles. The lowest BCUT2D eigenvalue weighted by molar-refractivity contribution is 0.460. The van der Waals surface area contributed by atoms with Crippen molar-refractivity contribution in [2.75, 3.05) is 4.72 Å². The molecule has 3 heterocycles. The minimum absolute atomic E-state index is 0.229. The van der Waals surface area contributed by atoms with Crippen molar-refractivity contribution in [3.8, 4) is 17.4 Å². The summed E-state index contributed by atoms with van der Waals surface area (Å²) >= 11 is 4.42. The molecule has 11 heteroatoms. The Hall–Kier alpha value is -2.76. The Balaban J connectivity index is 1.50. The molecule has 3 aromatic heterocycles. The highest BCUT2D eigenvalue weighted by molar-refractivity contribution is 9.11. The van der Waals surface area contributed by atoms with Crippen LogP contribution >= 0.6 is 27.3 Å². The Bertz CT molecular complexity index is 1350.